The number of aromatic nitrogens is 1. The summed E-state index contributed by atoms with van der Waals surface area (Å²) < 4.78 is 0. The summed E-state index contributed by atoms with van der Waals surface area (Å²) in [5.74, 6) is 0.810. The lowest BCUT2D eigenvalue weighted by Gasteiger charge is -2.37. The fourth-order valence-electron chi connectivity index (χ4n) is 3.27. The summed E-state index contributed by atoms with van der Waals surface area (Å²) in [7, 11) is 2.11. The van der Waals surface area contributed by atoms with Gasteiger partial charge >= 0.3 is 0 Å². The van der Waals surface area contributed by atoms with Crippen molar-refractivity contribution in [3.8, 4) is 0 Å². The normalized spacial score (nSPS) is 21.4. The number of nitrogens with zero attached hydrogens (tertiary/aromatic N) is 1. The highest BCUT2D eigenvalue weighted by molar-refractivity contribution is 7.09. The molecule has 1 aromatic heterocycles. The largest absolute Gasteiger partial charge is 0.316 e. The van der Waals surface area contributed by atoms with Crippen LogP contribution in [0.3, 0.4) is 0 Å². The molecule has 1 aromatic rings. The van der Waals surface area contributed by atoms with Gasteiger partial charge in [-0.05, 0) is 44.1 Å². The average molecular weight is 309 g/mol. The number of rotatable bonds is 4. The monoisotopic (exact) mass is 308 g/mol. The third-order valence-electron chi connectivity index (χ3n) is 5.04. The number of hydrogen-bond acceptors (Lipinski definition) is 3. The molecule has 0 aliphatic heterocycles. The summed E-state index contributed by atoms with van der Waals surface area (Å²) >= 11 is 1.83. The molecule has 2 rings (SSSR count). The Bertz CT molecular complexity index is 446. The van der Waals surface area contributed by atoms with Crippen LogP contribution in [0.2, 0.25) is 0 Å². The van der Waals surface area contributed by atoms with E-state index in [9.17, 15) is 0 Å². The molecule has 1 fully saturated rings. The van der Waals surface area contributed by atoms with Gasteiger partial charge < -0.3 is 5.32 Å². The predicted octanol–water partition coefficient (Wildman–Crippen LogP) is 4.79. The Morgan fingerprint density at radius 3 is 2.43 bits per heavy atom. The summed E-state index contributed by atoms with van der Waals surface area (Å²) in [6.07, 6.45) is 6.52. The first-order chi connectivity index (χ1) is 9.71. The maximum atomic E-state index is 4.87. The van der Waals surface area contributed by atoms with E-state index in [2.05, 4.69) is 52.4 Å². The fourth-order valence-corrected chi connectivity index (χ4v) is 4.35. The lowest BCUT2D eigenvalue weighted by molar-refractivity contribution is 0.163. The number of thiazole rings is 1. The first-order valence-corrected chi connectivity index (χ1v) is 9.21. The Hall–Kier alpha value is -0.410. The molecule has 0 radical (unpaired) electrons. The minimum absolute atomic E-state index is 0.165. The molecular formula is C18H32N2S. The second-order valence-corrected chi connectivity index (χ2v) is 9.42. The van der Waals surface area contributed by atoms with E-state index in [1.807, 2.05) is 11.3 Å². The van der Waals surface area contributed by atoms with E-state index in [0.717, 1.165) is 12.3 Å². The van der Waals surface area contributed by atoms with Crippen molar-refractivity contribution >= 4 is 11.3 Å². The predicted molar refractivity (Wildman–Crippen MR) is 93.1 cm³/mol. The molecule has 0 bridgehead atoms. The van der Waals surface area contributed by atoms with E-state index < -0.39 is 0 Å². The Morgan fingerprint density at radius 1 is 1.33 bits per heavy atom. The van der Waals surface area contributed by atoms with Crippen molar-refractivity contribution in [2.45, 2.75) is 78.2 Å². The van der Waals surface area contributed by atoms with Gasteiger partial charge in [-0.2, -0.15) is 0 Å². The van der Waals surface area contributed by atoms with Gasteiger partial charge in [0.2, 0.25) is 0 Å². The Kier molecular flexibility index (Phi) is 5.15. The second kappa shape index (κ2) is 6.37. The zero-order valence-electron chi connectivity index (χ0n) is 14.6. The molecule has 1 unspecified atom stereocenters. The maximum Gasteiger partial charge on any atom is 0.0944 e. The third-order valence-corrected chi connectivity index (χ3v) is 5.91. The van der Waals surface area contributed by atoms with Crippen LogP contribution >= 0.6 is 11.3 Å². The first kappa shape index (κ1) is 17.0. The fraction of sp³-hybridized carbons (Fsp3) is 0.833. The van der Waals surface area contributed by atoms with Crippen molar-refractivity contribution in [2.24, 2.45) is 11.3 Å². The highest BCUT2D eigenvalue weighted by Crippen LogP contribution is 2.39. The molecule has 0 spiro atoms. The van der Waals surface area contributed by atoms with Gasteiger partial charge in [0.25, 0.3) is 0 Å². The van der Waals surface area contributed by atoms with Crippen LogP contribution in [0, 0.1) is 11.3 Å². The summed E-state index contributed by atoms with van der Waals surface area (Å²) in [6.45, 7) is 11.5. The molecule has 3 heteroatoms. The molecule has 120 valence electrons. The molecule has 2 nitrogen and oxygen atoms in total. The summed E-state index contributed by atoms with van der Waals surface area (Å²) in [4.78, 5) is 4.87. The van der Waals surface area contributed by atoms with E-state index in [1.54, 1.807) is 0 Å². The van der Waals surface area contributed by atoms with E-state index >= 15 is 0 Å². The van der Waals surface area contributed by atoms with Gasteiger partial charge in [-0.15, -0.1) is 11.3 Å². The van der Waals surface area contributed by atoms with Crippen LogP contribution in [-0.4, -0.2) is 18.1 Å². The molecule has 1 heterocycles. The van der Waals surface area contributed by atoms with Crippen LogP contribution in [0.4, 0.5) is 0 Å². The van der Waals surface area contributed by atoms with Crippen molar-refractivity contribution in [2.75, 3.05) is 7.05 Å². The number of nitrogens with one attached hydrogen (secondary N) is 1. The van der Waals surface area contributed by atoms with Gasteiger partial charge in [-0.3, -0.25) is 0 Å². The molecular weight excluding hydrogens is 276 g/mol. The number of likely N-dealkylation sites (N-methyl/N-ethyl adjacent to an activating group) is 1. The molecule has 0 aromatic carbocycles. The van der Waals surface area contributed by atoms with Gasteiger partial charge in [0.1, 0.15) is 0 Å². The van der Waals surface area contributed by atoms with Gasteiger partial charge in [0.05, 0.1) is 10.7 Å². The van der Waals surface area contributed by atoms with Gasteiger partial charge in [0.15, 0.2) is 0 Å². The van der Waals surface area contributed by atoms with E-state index in [-0.39, 0.29) is 5.41 Å². The van der Waals surface area contributed by atoms with Crippen LogP contribution in [0.15, 0.2) is 5.38 Å². The molecule has 1 atom stereocenters. The standard InChI is InChI=1S/C18H32N2S/c1-17(2,3)15-12-21-16(20-15)11-14(19-6)13-7-9-18(4,5)10-8-13/h12-14,19H,7-11H2,1-6H3. The highest BCUT2D eigenvalue weighted by Gasteiger charge is 2.31. The average Bonchev–Trinajstić information content (AvgIpc) is 2.85. The molecule has 1 saturated carbocycles. The zero-order valence-corrected chi connectivity index (χ0v) is 15.4. The van der Waals surface area contributed by atoms with Crippen molar-refractivity contribution in [1.29, 1.82) is 0 Å². The smallest absolute Gasteiger partial charge is 0.0944 e. The van der Waals surface area contributed by atoms with Gasteiger partial charge in [-0.1, -0.05) is 34.6 Å². The van der Waals surface area contributed by atoms with Crippen LogP contribution < -0.4 is 5.32 Å². The highest BCUT2D eigenvalue weighted by atomic mass is 32.1. The molecule has 0 amide bonds. The number of hydrogen-bond donors (Lipinski definition) is 1. The second-order valence-electron chi connectivity index (χ2n) is 8.48. The van der Waals surface area contributed by atoms with Crippen LogP contribution in [0.5, 0.6) is 0 Å². The lowest BCUT2D eigenvalue weighted by Crippen LogP contribution is -2.38. The van der Waals surface area contributed by atoms with Crippen molar-refractivity contribution < 1.29 is 0 Å². The Labute approximate surface area is 134 Å². The third kappa shape index (κ3) is 4.53. The van der Waals surface area contributed by atoms with E-state index in [4.69, 9.17) is 4.98 Å². The summed E-state index contributed by atoms with van der Waals surface area (Å²) in [6, 6.07) is 0.583. The molecule has 0 saturated heterocycles. The summed E-state index contributed by atoms with van der Waals surface area (Å²) in [5, 5.41) is 7.10. The van der Waals surface area contributed by atoms with Crippen molar-refractivity contribution in [1.82, 2.24) is 10.3 Å². The zero-order chi connectivity index (χ0) is 15.7. The van der Waals surface area contributed by atoms with Crippen LogP contribution in [0.1, 0.15) is 71.0 Å². The molecule has 1 aliphatic rings. The molecule has 1 aliphatic carbocycles. The topological polar surface area (TPSA) is 24.9 Å². The van der Waals surface area contributed by atoms with Crippen molar-refractivity contribution in [3.63, 3.8) is 0 Å². The Balaban J connectivity index is 1.98. The lowest BCUT2D eigenvalue weighted by atomic mass is 9.71. The van der Waals surface area contributed by atoms with Gasteiger partial charge in [-0.25, -0.2) is 4.98 Å². The maximum absolute atomic E-state index is 4.87. The van der Waals surface area contributed by atoms with Crippen molar-refractivity contribution in [3.05, 3.63) is 16.1 Å². The molecule has 21 heavy (non-hydrogen) atoms. The van der Waals surface area contributed by atoms with Crippen LogP contribution in [0.25, 0.3) is 0 Å². The van der Waals surface area contributed by atoms with Crippen LogP contribution in [-0.2, 0) is 11.8 Å². The molecule has 1 N–H and O–H groups in total. The van der Waals surface area contributed by atoms with E-state index in [1.165, 1.54) is 36.4 Å². The van der Waals surface area contributed by atoms with E-state index in [0.29, 0.717) is 11.5 Å². The quantitative estimate of drug-likeness (QED) is 0.865. The van der Waals surface area contributed by atoms with Gasteiger partial charge in [0, 0.05) is 23.3 Å². The summed E-state index contributed by atoms with van der Waals surface area (Å²) in [5.41, 5.74) is 1.95. The Morgan fingerprint density at radius 2 is 1.95 bits per heavy atom. The minimum atomic E-state index is 0.165. The minimum Gasteiger partial charge on any atom is -0.316 e. The first-order valence-electron chi connectivity index (χ1n) is 8.33. The SMILES string of the molecule is CNC(Cc1nc(C(C)(C)C)cs1)C1CCC(C)(C)CC1.